The van der Waals surface area contributed by atoms with Gasteiger partial charge in [0.2, 0.25) is 47.3 Å². The Morgan fingerprint density at radius 2 is 1.46 bits per heavy atom. The summed E-state index contributed by atoms with van der Waals surface area (Å²) in [5.41, 5.74) is 19.5. The van der Waals surface area contributed by atoms with E-state index in [1.54, 1.807) is 36.5 Å². The van der Waals surface area contributed by atoms with Crippen LogP contribution in [-0.2, 0) is 57.6 Å². The number of aliphatic imine (C=N–C) groups is 1. The SMILES string of the molecule is CC(=O)NCCCCCC(=O)N[C@H]1CSSCCN(CC(N)=O)C(=O)[C@H](Cc2c[nH]c3ccccc23)NC(=O)[C@H](CCCN=C(N)N)NC(=O)[C@@H](Cc2ccccc2)NC(=O)[C@H](Cc2cnc[nH]2)NC1=O. The zero-order chi connectivity index (χ0) is 51.1. The molecular weight excluding hydrogens is 953 g/mol. The minimum absolute atomic E-state index is 0.00406. The number of aromatic nitrogens is 3. The van der Waals surface area contributed by atoms with Gasteiger partial charge in [-0.1, -0.05) is 76.5 Å². The zero-order valence-corrected chi connectivity index (χ0v) is 41.2. The third kappa shape index (κ3) is 18.6. The predicted octanol–water partition coefficient (Wildman–Crippen LogP) is -0.198. The molecule has 0 saturated carbocycles. The van der Waals surface area contributed by atoms with Gasteiger partial charge in [0.05, 0.1) is 12.9 Å². The monoisotopic (exact) mass is 1020 g/mol. The molecule has 1 aliphatic heterocycles. The number of hydrogen-bond acceptors (Lipinski definition) is 12. The van der Waals surface area contributed by atoms with E-state index in [9.17, 15) is 38.4 Å². The summed E-state index contributed by atoms with van der Waals surface area (Å²) in [4.78, 5) is 125. The number of primary amides is 1. The minimum Gasteiger partial charge on any atom is -0.370 e. The summed E-state index contributed by atoms with van der Waals surface area (Å²) in [5, 5.41) is 17.6. The topological polar surface area (TPSA) is 347 Å². The van der Waals surface area contributed by atoms with E-state index in [0.717, 1.165) is 10.9 Å². The van der Waals surface area contributed by atoms with Gasteiger partial charge in [-0.3, -0.25) is 43.3 Å². The Bertz CT molecular complexity index is 2450. The minimum atomic E-state index is -1.31. The smallest absolute Gasteiger partial charge is 0.245 e. The van der Waals surface area contributed by atoms with Gasteiger partial charge >= 0.3 is 0 Å². The van der Waals surface area contributed by atoms with Crippen LogP contribution in [0.5, 0.6) is 0 Å². The second-order valence-corrected chi connectivity index (χ2v) is 19.6. The Kier molecular flexibility index (Phi) is 22.1. The molecule has 0 spiro atoms. The summed E-state index contributed by atoms with van der Waals surface area (Å²) in [5.74, 6) is -4.80. The molecule has 22 nitrogen and oxygen atoms in total. The highest BCUT2D eigenvalue weighted by atomic mass is 33.1. The van der Waals surface area contributed by atoms with Gasteiger partial charge in [-0.2, -0.15) is 0 Å². The molecule has 14 N–H and O–H groups in total. The van der Waals surface area contributed by atoms with Crippen LogP contribution in [0.4, 0.5) is 0 Å². The molecule has 0 bridgehead atoms. The van der Waals surface area contributed by atoms with E-state index < -0.39 is 78.1 Å². The van der Waals surface area contributed by atoms with Gasteiger partial charge in [0.1, 0.15) is 30.2 Å². The van der Waals surface area contributed by atoms with Crippen molar-refractivity contribution in [1.82, 2.24) is 51.8 Å². The number of unbranched alkanes of at least 4 members (excludes halogenated alkanes) is 2. The van der Waals surface area contributed by atoms with Crippen LogP contribution in [0.15, 0.2) is 78.3 Å². The van der Waals surface area contributed by atoms with Gasteiger partial charge in [-0.05, 0) is 42.9 Å². The molecule has 0 unspecified atom stereocenters. The average molecular weight is 1020 g/mol. The molecule has 1 aliphatic rings. The largest absolute Gasteiger partial charge is 0.370 e. The van der Waals surface area contributed by atoms with Gasteiger partial charge in [-0.15, -0.1) is 0 Å². The third-order valence-corrected chi connectivity index (χ3v) is 13.7. The van der Waals surface area contributed by atoms with Crippen molar-refractivity contribution in [3.8, 4) is 0 Å². The van der Waals surface area contributed by atoms with Crippen molar-refractivity contribution >= 4 is 85.7 Å². The number of carbonyl (C=O) groups excluding carboxylic acids is 8. The summed E-state index contributed by atoms with van der Waals surface area (Å²) >= 11 is 0. The Hall–Kier alpha value is -7.08. The number of guanidine groups is 1. The van der Waals surface area contributed by atoms with Crippen LogP contribution in [0.1, 0.15) is 62.3 Å². The lowest BCUT2D eigenvalue weighted by Crippen LogP contribution is -2.60. The lowest BCUT2D eigenvalue weighted by atomic mass is 10.0. The highest BCUT2D eigenvalue weighted by Gasteiger charge is 2.35. The number of aromatic amines is 2. The molecule has 382 valence electrons. The fourth-order valence-corrected chi connectivity index (χ4v) is 9.92. The molecule has 8 amide bonds. The van der Waals surface area contributed by atoms with Crippen molar-refractivity contribution in [2.24, 2.45) is 22.2 Å². The van der Waals surface area contributed by atoms with Gasteiger partial charge in [-0.25, -0.2) is 4.98 Å². The molecule has 71 heavy (non-hydrogen) atoms. The second kappa shape index (κ2) is 28.6. The Balaban J connectivity index is 1.51. The molecule has 0 radical (unpaired) electrons. The first-order valence-corrected chi connectivity index (χ1v) is 25.8. The van der Waals surface area contributed by atoms with E-state index >= 15 is 0 Å². The second-order valence-electron chi connectivity index (χ2n) is 17.0. The number of imidazole rings is 1. The maximum atomic E-state index is 14.7. The lowest BCUT2D eigenvalue weighted by molar-refractivity contribution is -0.139. The van der Waals surface area contributed by atoms with E-state index in [0.29, 0.717) is 42.6 Å². The molecule has 1 saturated heterocycles. The molecule has 5 atom stereocenters. The molecule has 24 heteroatoms. The van der Waals surface area contributed by atoms with Crippen LogP contribution < -0.4 is 49.1 Å². The Labute approximate surface area is 419 Å². The first-order valence-electron chi connectivity index (χ1n) is 23.3. The highest BCUT2D eigenvalue weighted by Crippen LogP contribution is 2.24. The van der Waals surface area contributed by atoms with Crippen LogP contribution in [0.2, 0.25) is 0 Å². The predicted molar refractivity (Wildman–Crippen MR) is 272 cm³/mol. The van der Waals surface area contributed by atoms with Gasteiger partial charge < -0.3 is 64.0 Å². The van der Waals surface area contributed by atoms with Crippen molar-refractivity contribution in [3.63, 3.8) is 0 Å². The van der Waals surface area contributed by atoms with E-state index in [1.807, 2.05) is 24.3 Å². The van der Waals surface area contributed by atoms with Crippen LogP contribution >= 0.6 is 21.6 Å². The van der Waals surface area contributed by atoms with Gasteiger partial charge in [0.25, 0.3) is 0 Å². The normalized spacial score (nSPS) is 19.9. The van der Waals surface area contributed by atoms with E-state index in [1.165, 1.54) is 45.9 Å². The number of H-pyrrole nitrogens is 2. The number of amides is 8. The fourth-order valence-electron chi connectivity index (χ4n) is 7.77. The van der Waals surface area contributed by atoms with E-state index in [4.69, 9.17) is 17.2 Å². The number of nitrogens with zero attached hydrogens (tertiary/aromatic N) is 3. The fraction of sp³-hybridized carbons (Fsp3) is 0.447. The van der Waals surface area contributed by atoms with Crippen molar-refractivity contribution < 1.29 is 38.4 Å². The quantitative estimate of drug-likeness (QED) is 0.0251. The van der Waals surface area contributed by atoms with Crippen molar-refractivity contribution in [3.05, 3.63) is 90.1 Å². The number of para-hydroxylation sites is 1. The number of nitrogens with one attached hydrogen (secondary N) is 8. The molecule has 0 aliphatic carbocycles. The number of carbonyl (C=O) groups is 8. The Morgan fingerprint density at radius 3 is 2.18 bits per heavy atom. The zero-order valence-electron chi connectivity index (χ0n) is 39.6. The molecular formula is C47H64N14O8S2. The van der Waals surface area contributed by atoms with Gasteiger partial charge in [0.15, 0.2) is 5.96 Å². The third-order valence-electron chi connectivity index (χ3n) is 11.3. The maximum absolute atomic E-state index is 14.7. The Morgan fingerprint density at radius 1 is 0.775 bits per heavy atom. The molecule has 4 aromatic rings. The number of benzene rings is 2. The number of fused-ring (bicyclic) bond motifs is 1. The lowest BCUT2D eigenvalue weighted by Gasteiger charge is -2.30. The van der Waals surface area contributed by atoms with Crippen molar-refractivity contribution in [1.29, 1.82) is 0 Å². The summed E-state index contributed by atoms with van der Waals surface area (Å²) in [7, 11) is 2.49. The summed E-state index contributed by atoms with van der Waals surface area (Å²) < 4.78 is 0. The van der Waals surface area contributed by atoms with Crippen LogP contribution in [0.3, 0.4) is 0 Å². The van der Waals surface area contributed by atoms with E-state index in [2.05, 4.69) is 51.8 Å². The maximum Gasteiger partial charge on any atom is 0.245 e. The number of hydrogen-bond donors (Lipinski definition) is 11. The summed E-state index contributed by atoms with van der Waals surface area (Å²) in [6.07, 6.45) is 6.59. The van der Waals surface area contributed by atoms with Crippen LogP contribution in [0.25, 0.3) is 10.9 Å². The highest BCUT2D eigenvalue weighted by molar-refractivity contribution is 8.76. The molecule has 1 fully saturated rings. The molecule has 5 rings (SSSR count). The van der Waals surface area contributed by atoms with Crippen LogP contribution in [-0.4, -0.2) is 141 Å². The standard InChI is InChI=1S/C47H64N14O8S2/c1-29(62)52-17-9-3-6-16-41(64)56-39-27-71-70-20-19-61(26-40(48)63)46(69)38(22-31-24-54-34-14-8-7-13-33(31)34)60-42(65)35(15-10-18-53-47(49)50)57-43(66)36(21-30-11-4-2-5-12-30)58-44(67)37(59-45(39)68)23-32-25-51-28-55-32/h2,4-5,7-8,11-14,24-25,28,35-39,54H,3,6,9-10,15-23,26-27H2,1H3,(H2,48,63)(H,51,55)(H,52,62)(H,56,64)(H,57,66)(H,58,67)(H,59,68)(H,60,65)(H4,49,50,53)/t35-,36+,37-,38-,39-/m0/s1. The first-order chi connectivity index (χ1) is 34.2. The average Bonchev–Trinajstić information content (AvgIpc) is 4.01. The number of nitrogens with two attached hydrogens (primary N) is 3. The number of rotatable bonds is 19. The first kappa shape index (κ1) is 54.9. The molecule has 2 aromatic carbocycles. The molecule has 3 heterocycles. The summed E-state index contributed by atoms with van der Waals surface area (Å²) in [6, 6.07) is 9.98. The van der Waals surface area contributed by atoms with Gasteiger partial charge in [0, 0.05) is 92.7 Å². The molecule has 2 aromatic heterocycles. The summed E-state index contributed by atoms with van der Waals surface area (Å²) in [6.45, 7) is 1.50. The van der Waals surface area contributed by atoms with E-state index in [-0.39, 0.29) is 75.0 Å². The van der Waals surface area contributed by atoms with Crippen molar-refractivity contribution in [2.75, 3.05) is 37.7 Å². The van der Waals surface area contributed by atoms with Crippen molar-refractivity contribution in [2.45, 2.75) is 94.9 Å². The van der Waals surface area contributed by atoms with Crippen LogP contribution in [0, 0.1) is 0 Å².